The van der Waals surface area contributed by atoms with Gasteiger partial charge < -0.3 is 5.73 Å². The van der Waals surface area contributed by atoms with E-state index in [1.165, 1.54) is 12.1 Å². The number of nitrogens with zero attached hydrogens (tertiary/aromatic N) is 2. The molecule has 1 fully saturated rings. The molecule has 1 saturated heterocycles. The second-order valence-electron chi connectivity index (χ2n) is 4.64. The maximum Gasteiger partial charge on any atom is 0.292 e. The van der Waals surface area contributed by atoms with Gasteiger partial charge in [0.15, 0.2) is 0 Å². The maximum absolute atomic E-state index is 11.5. The lowest BCUT2D eigenvalue weighted by atomic mass is 10.1. The van der Waals surface area contributed by atoms with Crippen LogP contribution < -0.4 is 11.1 Å². The van der Waals surface area contributed by atoms with Crippen LogP contribution in [0, 0.1) is 10.1 Å². The molecular formula is C12H14N4O4. The third-order valence-corrected chi connectivity index (χ3v) is 3.21. The molecule has 0 radical (unpaired) electrons. The number of benzene rings is 1. The lowest BCUT2D eigenvalue weighted by Gasteiger charge is -2.31. The van der Waals surface area contributed by atoms with E-state index in [1.807, 2.05) is 0 Å². The highest BCUT2D eigenvalue weighted by molar-refractivity contribution is 6.00. The predicted octanol–water partition coefficient (Wildman–Crippen LogP) is 0.0239. The van der Waals surface area contributed by atoms with Gasteiger partial charge in [-0.15, -0.1) is 0 Å². The van der Waals surface area contributed by atoms with E-state index < -0.39 is 11.0 Å². The molecule has 1 aromatic carbocycles. The summed E-state index contributed by atoms with van der Waals surface area (Å²) >= 11 is 0. The van der Waals surface area contributed by atoms with E-state index in [0.717, 1.165) is 0 Å². The fourth-order valence-corrected chi connectivity index (χ4v) is 2.04. The zero-order valence-corrected chi connectivity index (χ0v) is 10.8. The number of imide groups is 1. The molecule has 8 nitrogen and oxygen atoms in total. The number of rotatable bonds is 3. The summed E-state index contributed by atoms with van der Waals surface area (Å²) in [5, 5.41) is 13.1. The fourth-order valence-electron chi connectivity index (χ4n) is 2.04. The molecule has 1 aliphatic rings. The van der Waals surface area contributed by atoms with E-state index >= 15 is 0 Å². The quantitative estimate of drug-likeness (QED) is 0.348. The minimum absolute atomic E-state index is 0.0745. The molecule has 20 heavy (non-hydrogen) atoms. The van der Waals surface area contributed by atoms with Crippen LogP contribution >= 0.6 is 0 Å². The molecule has 106 valence electrons. The zero-order chi connectivity index (χ0) is 14.9. The van der Waals surface area contributed by atoms with Crippen molar-refractivity contribution < 1.29 is 14.5 Å². The van der Waals surface area contributed by atoms with Gasteiger partial charge in [-0.3, -0.25) is 29.9 Å². The van der Waals surface area contributed by atoms with E-state index in [4.69, 9.17) is 5.73 Å². The van der Waals surface area contributed by atoms with Crippen LogP contribution in [-0.4, -0.2) is 34.2 Å². The van der Waals surface area contributed by atoms with Gasteiger partial charge in [0.1, 0.15) is 5.69 Å². The Balaban J connectivity index is 2.21. The van der Waals surface area contributed by atoms with E-state index in [2.05, 4.69) is 5.32 Å². The molecule has 8 heteroatoms. The number of piperazine rings is 1. The molecule has 1 aromatic rings. The molecule has 1 atom stereocenters. The Morgan fingerprint density at radius 3 is 2.85 bits per heavy atom. The lowest BCUT2D eigenvalue weighted by molar-refractivity contribution is -0.384. The monoisotopic (exact) mass is 278 g/mol. The summed E-state index contributed by atoms with van der Waals surface area (Å²) in [6, 6.07) is 3.99. The number of nitro benzene ring substituents is 1. The highest BCUT2D eigenvalue weighted by atomic mass is 16.6. The number of hydrogen-bond donors (Lipinski definition) is 2. The van der Waals surface area contributed by atoms with Crippen LogP contribution in [0.4, 0.5) is 11.4 Å². The summed E-state index contributed by atoms with van der Waals surface area (Å²) in [4.78, 5) is 34.8. The van der Waals surface area contributed by atoms with Crippen molar-refractivity contribution in [1.29, 1.82) is 0 Å². The number of nitrogens with one attached hydrogen (secondary N) is 1. The van der Waals surface area contributed by atoms with Gasteiger partial charge >= 0.3 is 0 Å². The van der Waals surface area contributed by atoms with Crippen molar-refractivity contribution >= 4 is 23.2 Å². The number of carbonyl (C=O) groups excluding carboxylic acids is 2. The molecule has 1 heterocycles. The number of carbonyl (C=O) groups is 2. The molecule has 2 amide bonds. The summed E-state index contributed by atoms with van der Waals surface area (Å²) in [6.45, 7) is 2.01. The van der Waals surface area contributed by atoms with Gasteiger partial charge in [-0.1, -0.05) is 6.07 Å². The number of nitrogen functional groups attached to an aromatic ring is 1. The Morgan fingerprint density at radius 1 is 1.50 bits per heavy atom. The maximum atomic E-state index is 11.5. The first-order chi connectivity index (χ1) is 9.38. The molecule has 0 aromatic heterocycles. The van der Waals surface area contributed by atoms with Crippen molar-refractivity contribution in [3.05, 3.63) is 33.9 Å². The van der Waals surface area contributed by atoms with Crippen LogP contribution in [-0.2, 0) is 16.1 Å². The number of amides is 2. The molecule has 0 aliphatic carbocycles. The summed E-state index contributed by atoms with van der Waals surface area (Å²) < 4.78 is 0. The van der Waals surface area contributed by atoms with Crippen LogP contribution in [0.15, 0.2) is 18.2 Å². The standard InChI is InChI=1S/C12H14N4O4/c1-7-12(18)14-11(17)6-15(7)5-8-2-3-9(13)10(4-8)16(19)20/h2-4,7H,5-6,13H2,1H3,(H,14,17,18). The highest BCUT2D eigenvalue weighted by Crippen LogP contribution is 2.23. The molecule has 0 bridgehead atoms. The Kier molecular flexibility index (Phi) is 3.66. The van der Waals surface area contributed by atoms with Gasteiger partial charge in [-0.05, 0) is 18.6 Å². The Labute approximate surface area is 114 Å². The van der Waals surface area contributed by atoms with Gasteiger partial charge in [-0.25, -0.2) is 0 Å². The molecule has 1 aliphatic heterocycles. The normalized spacial score (nSPS) is 19.8. The van der Waals surface area contributed by atoms with Crippen LogP contribution in [0.5, 0.6) is 0 Å². The zero-order valence-electron chi connectivity index (χ0n) is 10.8. The Hall–Kier alpha value is -2.48. The highest BCUT2D eigenvalue weighted by Gasteiger charge is 2.30. The second kappa shape index (κ2) is 5.25. The first-order valence-corrected chi connectivity index (χ1v) is 5.99. The first-order valence-electron chi connectivity index (χ1n) is 5.99. The predicted molar refractivity (Wildman–Crippen MR) is 70.5 cm³/mol. The number of nitrogens with two attached hydrogens (primary N) is 1. The van der Waals surface area contributed by atoms with Crippen molar-refractivity contribution in [3.8, 4) is 0 Å². The number of nitro groups is 1. The number of anilines is 1. The topological polar surface area (TPSA) is 119 Å². The van der Waals surface area contributed by atoms with E-state index in [0.29, 0.717) is 5.56 Å². The first kappa shape index (κ1) is 13.9. The SMILES string of the molecule is CC1C(=O)NC(=O)CN1Cc1ccc(N)c([N+](=O)[O-])c1. The van der Waals surface area contributed by atoms with Crippen molar-refractivity contribution in [1.82, 2.24) is 10.2 Å². The Bertz CT molecular complexity index is 587. The third kappa shape index (κ3) is 2.75. The van der Waals surface area contributed by atoms with Crippen molar-refractivity contribution in [2.24, 2.45) is 0 Å². The molecule has 1 unspecified atom stereocenters. The lowest BCUT2D eigenvalue weighted by Crippen LogP contribution is -2.56. The summed E-state index contributed by atoms with van der Waals surface area (Å²) in [7, 11) is 0. The van der Waals surface area contributed by atoms with Crippen LogP contribution in [0.1, 0.15) is 12.5 Å². The summed E-state index contributed by atoms with van der Waals surface area (Å²) in [5.41, 5.74) is 6.05. The van der Waals surface area contributed by atoms with Gasteiger partial charge in [0.05, 0.1) is 17.5 Å². The van der Waals surface area contributed by atoms with Crippen molar-refractivity contribution in [2.45, 2.75) is 19.5 Å². The number of hydrogen-bond acceptors (Lipinski definition) is 6. The molecular weight excluding hydrogens is 264 g/mol. The van der Waals surface area contributed by atoms with E-state index in [1.54, 1.807) is 17.9 Å². The van der Waals surface area contributed by atoms with Gasteiger partial charge in [-0.2, -0.15) is 0 Å². The third-order valence-electron chi connectivity index (χ3n) is 3.21. The molecule has 0 spiro atoms. The van der Waals surface area contributed by atoms with Gasteiger partial charge in [0.25, 0.3) is 5.69 Å². The fraction of sp³-hybridized carbons (Fsp3) is 0.333. The van der Waals surface area contributed by atoms with Gasteiger partial charge in [0, 0.05) is 12.6 Å². The Morgan fingerprint density at radius 2 is 2.20 bits per heavy atom. The van der Waals surface area contributed by atoms with Crippen molar-refractivity contribution in [3.63, 3.8) is 0 Å². The van der Waals surface area contributed by atoms with Crippen LogP contribution in [0.3, 0.4) is 0 Å². The molecule has 0 saturated carbocycles. The van der Waals surface area contributed by atoms with Crippen molar-refractivity contribution in [2.75, 3.05) is 12.3 Å². The summed E-state index contributed by atoms with van der Waals surface area (Å²) in [6.07, 6.45) is 0. The van der Waals surface area contributed by atoms with Gasteiger partial charge in [0.2, 0.25) is 11.8 Å². The van der Waals surface area contributed by atoms with Crippen LogP contribution in [0.2, 0.25) is 0 Å². The average Bonchev–Trinajstić information content (AvgIpc) is 2.37. The molecule has 2 rings (SSSR count). The van der Waals surface area contributed by atoms with E-state index in [9.17, 15) is 19.7 Å². The van der Waals surface area contributed by atoms with Crippen LogP contribution in [0.25, 0.3) is 0 Å². The van der Waals surface area contributed by atoms with E-state index in [-0.39, 0.29) is 36.3 Å². The second-order valence-corrected chi connectivity index (χ2v) is 4.64. The molecule has 3 N–H and O–H groups in total. The minimum Gasteiger partial charge on any atom is -0.393 e. The largest absolute Gasteiger partial charge is 0.393 e. The summed E-state index contributed by atoms with van der Waals surface area (Å²) in [5.74, 6) is -0.746. The average molecular weight is 278 g/mol. The smallest absolute Gasteiger partial charge is 0.292 e. The minimum atomic E-state index is -0.559.